The van der Waals surface area contributed by atoms with Crippen LogP contribution in [0.3, 0.4) is 0 Å². The zero-order valence-electron chi connectivity index (χ0n) is 12.3. The molecule has 1 aromatic carbocycles. The van der Waals surface area contributed by atoms with Crippen LogP contribution < -0.4 is 19.5 Å². The molecule has 1 aromatic heterocycles. The van der Waals surface area contributed by atoms with Crippen molar-refractivity contribution >= 4 is 16.6 Å². The van der Waals surface area contributed by atoms with Crippen molar-refractivity contribution in [1.82, 2.24) is 4.98 Å². The van der Waals surface area contributed by atoms with Crippen molar-refractivity contribution in [3.8, 4) is 17.2 Å². The lowest BCUT2D eigenvalue weighted by molar-refractivity contribution is 0.327. The third-order valence-electron chi connectivity index (χ3n) is 3.10. The zero-order valence-corrected chi connectivity index (χ0v) is 12.3. The molecule has 0 saturated heterocycles. The number of methoxy groups -OCH3 is 3. The van der Waals surface area contributed by atoms with Crippen LogP contribution in [0.5, 0.6) is 17.2 Å². The molecule has 5 nitrogen and oxygen atoms in total. The molecule has 2 aromatic rings. The molecule has 1 N–H and O–H groups in total. The molecule has 1 heterocycles. The van der Waals surface area contributed by atoms with E-state index in [4.69, 9.17) is 14.2 Å². The summed E-state index contributed by atoms with van der Waals surface area (Å²) in [5, 5.41) is 5.21. The molecule has 0 bridgehead atoms. The second kappa shape index (κ2) is 6.32. The standard InChI is InChI=1S/C15H20N2O3/c1-5-7-16-15-12-10(6-8-17-15)9-11(18-2)13(19-3)14(12)20-4/h6,8-9H,5,7H2,1-4H3,(H,16,17). The highest BCUT2D eigenvalue weighted by Gasteiger charge is 2.18. The first-order valence-electron chi connectivity index (χ1n) is 6.58. The third kappa shape index (κ3) is 2.43. The summed E-state index contributed by atoms with van der Waals surface area (Å²) in [4.78, 5) is 4.40. The van der Waals surface area contributed by atoms with Gasteiger partial charge in [-0.25, -0.2) is 4.98 Å². The molecule has 0 aliphatic heterocycles. The summed E-state index contributed by atoms with van der Waals surface area (Å²) < 4.78 is 16.3. The van der Waals surface area contributed by atoms with Crippen LogP contribution in [0.25, 0.3) is 10.8 Å². The van der Waals surface area contributed by atoms with Gasteiger partial charge in [-0.3, -0.25) is 0 Å². The van der Waals surface area contributed by atoms with E-state index >= 15 is 0 Å². The molecule has 20 heavy (non-hydrogen) atoms. The Morgan fingerprint density at radius 2 is 1.85 bits per heavy atom. The zero-order chi connectivity index (χ0) is 14.5. The molecule has 0 fully saturated rings. The molecule has 2 rings (SSSR count). The number of nitrogens with one attached hydrogen (secondary N) is 1. The first kappa shape index (κ1) is 14.2. The number of aromatic nitrogens is 1. The van der Waals surface area contributed by atoms with Crippen molar-refractivity contribution in [3.63, 3.8) is 0 Å². The number of hydrogen-bond acceptors (Lipinski definition) is 5. The summed E-state index contributed by atoms with van der Waals surface area (Å²) in [7, 11) is 4.83. The smallest absolute Gasteiger partial charge is 0.204 e. The summed E-state index contributed by atoms with van der Waals surface area (Å²) in [5.74, 6) is 2.65. The lowest BCUT2D eigenvalue weighted by Crippen LogP contribution is -2.04. The Hall–Kier alpha value is -2.17. The normalized spacial score (nSPS) is 10.4. The summed E-state index contributed by atoms with van der Waals surface area (Å²) >= 11 is 0. The predicted octanol–water partition coefficient (Wildman–Crippen LogP) is 3.08. The first-order valence-corrected chi connectivity index (χ1v) is 6.58. The van der Waals surface area contributed by atoms with Crippen LogP contribution in [0.1, 0.15) is 13.3 Å². The molecule has 0 radical (unpaired) electrons. The fraction of sp³-hybridized carbons (Fsp3) is 0.400. The highest BCUT2D eigenvalue weighted by Crippen LogP contribution is 2.45. The average Bonchev–Trinajstić information content (AvgIpc) is 2.50. The van der Waals surface area contributed by atoms with Crippen LogP contribution in [0, 0.1) is 0 Å². The van der Waals surface area contributed by atoms with Crippen LogP contribution in [-0.2, 0) is 0 Å². The van der Waals surface area contributed by atoms with E-state index in [2.05, 4.69) is 17.2 Å². The van der Waals surface area contributed by atoms with Crippen LogP contribution >= 0.6 is 0 Å². The Kier molecular flexibility index (Phi) is 4.50. The maximum atomic E-state index is 5.53. The largest absolute Gasteiger partial charge is 0.493 e. The van der Waals surface area contributed by atoms with Crippen molar-refractivity contribution in [3.05, 3.63) is 18.3 Å². The van der Waals surface area contributed by atoms with E-state index < -0.39 is 0 Å². The van der Waals surface area contributed by atoms with Crippen molar-refractivity contribution < 1.29 is 14.2 Å². The second-order valence-corrected chi connectivity index (χ2v) is 4.33. The summed E-state index contributed by atoms with van der Waals surface area (Å²) in [5.41, 5.74) is 0. The molecule has 108 valence electrons. The number of ether oxygens (including phenoxy) is 3. The summed E-state index contributed by atoms with van der Waals surface area (Å²) in [6.45, 7) is 2.96. The van der Waals surface area contributed by atoms with E-state index in [-0.39, 0.29) is 0 Å². The molecule has 0 aliphatic carbocycles. The number of nitrogens with zero attached hydrogens (tertiary/aromatic N) is 1. The molecule has 0 saturated carbocycles. The van der Waals surface area contributed by atoms with Gasteiger partial charge in [0.25, 0.3) is 0 Å². The third-order valence-corrected chi connectivity index (χ3v) is 3.10. The van der Waals surface area contributed by atoms with Crippen molar-refractivity contribution in [2.75, 3.05) is 33.2 Å². The molecule has 0 amide bonds. The average molecular weight is 276 g/mol. The van der Waals surface area contributed by atoms with Crippen molar-refractivity contribution in [2.24, 2.45) is 0 Å². The van der Waals surface area contributed by atoms with E-state index in [1.807, 2.05) is 12.1 Å². The number of pyridine rings is 1. The number of fused-ring (bicyclic) bond motifs is 1. The van der Waals surface area contributed by atoms with Gasteiger partial charge in [0.05, 0.1) is 26.7 Å². The van der Waals surface area contributed by atoms with Gasteiger partial charge in [0.1, 0.15) is 5.82 Å². The number of benzene rings is 1. The summed E-state index contributed by atoms with van der Waals surface area (Å²) in [6, 6.07) is 3.85. The van der Waals surface area contributed by atoms with E-state index in [0.29, 0.717) is 17.2 Å². The second-order valence-electron chi connectivity index (χ2n) is 4.33. The maximum Gasteiger partial charge on any atom is 0.204 e. The lowest BCUT2D eigenvalue weighted by Gasteiger charge is -2.16. The monoisotopic (exact) mass is 276 g/mol. The first-order chi connectivity index (χ1) is 9.76. The maximum absolute atomic E-state index is 5.53. The van der Waals surface area contributed by atoms with Gasteiger partial charge < -0.3 is 19.5 Å². The van der Waals surface area contributed by atoms with Crippen LogP contribution in [-0.4, -0.2) is 32.9 Å². The Morgan fingerprint density at radius 3 is 2.45 bits per heavy atom. The predicted molar refractivity (Wildman–Crippen MR) is 80.2 cm³/mol. The Balaban J connectivity index is 2.72. The van der Waals surface area contributed by atoms with Gasteiger partial charge >= 0.3 is 0 Å². The van der Waals surface area contributed by atoms with E-state index in [1.54, 1.807) is 27.5 Å². The van der Waals surface area contributed by atoms with Crippen molar-refractivity contribution in [1.29, 1.82) is 0 Å². The van der Waals surface area contributed by atoms with Crippen LogP contribution in [0.4, 0.5) is 5.82 Å². The van der Waals surface area contributed by atoms with Crippen LogP contribution in [0.15, 0.2) is 18.3 Å². The molecule has 0 spiro atoms. The van der Waals surface area contributed by atoms with Gasteiger partial charge in [0, 0.05) is 12.7 Å². The van der Waals surface area contributed by atoms with Gasteiger partial charge in [-0.05, 0) is 23.9 Å². The Morgan fingerprint density at radius 1 is 1.10 bits per heavy atom. The SMILES string of the molecule is CCCNc1nccc2cc(OC)c(OC)c(OC)c12. The topological polar surface area (TPSA) is 52.6 Å². The molecule has 0 unspecified atom stereocenters. The molecule has 0 aliphatic rings. The van der Waals surface area contributed by atoms with Gasteiger partial charge in [-0.15, -0.1) is 0 Å². The molecular weight excluding hydrogens is 256 g/mol. The Bertz CT molecular complexity index is 599. The number of anilines is 1. The number of hydrogen-bond donors (Lipinski definition) is 1. The van der Waals surface area contributed by atoms with E-state index in [9.17, 15) is 0 Å². The van der Waals surface area contributed by atoms with Gasteiger partial charge in [0.15, 0.2) is 11.5 Å². The minimum atomic E-state index is 0.579. The molecule has 0 atom stereocenters. The quantitative estimate of drug-likeness (QED) is 0.878. The number of rotatable bonds is 6. The van der Waals surface area contributed by atoms with E-state index in [0.717, 1.165) is 29.6 Å². The van der Waals surface area contributed by atoms with E-state index in [1.165, 1.54) is 0 Å². The summed E-state index contributed by atoms with van der Waals surface area (Å²) in [6.07, 6.45) is 2.79. The Labute approximate surface area is 118 Å². The van der Waals surface area contributed by atoms with Gasteiger partial charge in [-0.1, -0.05) is 6.92 Å². The van der Waals surface area contributed by atoms with Crippen LogP contribution in [0.2, 0.25) is 0 Å². The minimum absolute atomic E-state index is 0.579. The minimum Gasteiger partial charge on any atom is -0.493 e. The van der Waals surface area contributed by atoms with Crippen molar-refractivity contribution in [2.45, 2.75) is 13.3 Å². The molecular formula is C15H20N2O3. The highest BCUT2D eigenvalue weighted by molar-refractivity contribution is 6.00. The lowest BCUT2D eigenvalue weighted by atomic mass is 10.1. The van der Waals surface area contributed by atoms with Gasteiger partial charge in [0.2, 0.25) is 5.75 Å². The van der Waals surface area contributed by atoms with Gasteiger partial charge in [-0.2, -0.15) is 0 Å². The highest BCUT2D eigenvalue weighted by atomic mass is 16.5. The molecule has 5 heteroatoms. The fourth-order valence-electron chi connectivity index (χ4n) is 2.18. The fourth-order valence-corrected chi connectivity index (χ4v) is 2.18.